The van der Waals surface area contributed by atoms with E-state index in [1.54, 1.807) is 30.3 Å². The van der Waals surface area contributed by atoms with Gasteiger partial charge in [0, 0.05) is 6.21 Å². The van der Waals surface area contributed by atoms with E-state index in [4.69, 9.17) is 10.1 Å². The van der Waals surface area contributed by atoms with Gasteiger partial charge < -0.3 is 10.1 Å². The highest BCUT2D eigenvalue weighted by Crippen LogP contribution is 2.40. The van der Waals surface area contributed by atoms with Crippen molar-refractivity contribution in [2.24, 2.45) is 5.92 Å². The van der Waals surface area contributed by atoms with Crippen LogP contribution >= 0.6 is 0 Å². The highest BCUT2D eigenvalue weighted by Gasteiger charge is 2.37. The highest BCUT2D eigenvalue weighted by atomic mass is 19.4. The topological polar surface area (TPSA) is 50.2 Å². The molecule has 196 valence electrons. The van der Waals surface area contributed by atoms with Crippen LogP contribution in [0.15, 0.2) is 60.7 Å². The summed E-state index contributed by atoms with van der Waals surface area (Å²) in [6.45, 7) is 3.78. The van der Waals surface area contributed by atoms with Gasteiger partial charge in [0.2, 0.25) is 0 Å². The van der Waals surface area contributed by atoms with Crippen molar-refractivity contribution in [3.8, 4) is 22.3 Å². The summed E-state index contributed by atoms with van der Waals surface area (Å²) in [7, 11) is 1.22. The first kappa shape index (κ1) is 28.0. The molecular weight excluding hydrogens is 496 g/mol. The number of methoxy groups -OCH3 is 1. The molecule has 0 aliphatic rings. The molecule has 1 N–H and O–H groups in total. The predicted octanol–water partition coefficient (Wildman–Crippen LogP) is 8.36. The second-order valence-electron chi connectivity index (χ2n) is 9.11. The van der Waals surface area contributed by atoms with Crippen molar-refractivity contribution in [1.29, 1.82) is 5.41 Å². The lowest BCUT2D eigenvalue weighted by Crippen LogP contribution is -2.16. The van der Waals surface area contributed by atoms with Crippen LogP contribution in [0.3, 0.4) is 0 Å². The lowest BCUT2D eigenvalue weighted by molar-refractivity contribution is -0.144. The first-order chi connectivity index (χ1) is 17.2. The maximum absolute atomic E-state index is 13.5. The molecule has 0 fully saturated rings. The van der Waals surface area contributed by atoms with E-state index in [0.29, 0.717) is 40.8 Å². The van der Waals surface area contributed by atoms with E-state index in [2.05, 4.69) is 0 Å². The summed E-state index contributed by atoms with van der Waals surface area (Å²) in [6.07, 6.45) is -8.49. The molecule has 1 unspecified atom stereocenters. The minimum atomic E-state index is -4.99. The number of benzene rings is 3. The SMILES string of the molecule is COC(=O)C(CC(C)C)c1cc(-c2ccc(C=N)cc2)cc(-c2cc(C(F)(F)F)cc(C(F)(F)F)c2)c1. The van der Waals surface area contributed by atoms with Crippen molar-refractivity contribution in [1.82, 2.24) is 0 Å². The van der Waals surface area contributed by atoms with Crippen LogP contribution in [0.5, 0.6) is 0 Å². The number of hydrogen-bond acceptors (Lipinski definition) is 3. The van der Waals surface area contributed by atoms with E-state index >= 15 is 0 Å². The molecule has 3 aromatic carbocycles. The third-order valence-electron chi connectivity index (χ3n) is 5.88. The van der Waals surface area contributed by atoms with Gasteiger partial charge in [0.05, 0.1) is 24.2 Å². The zero-order valence-corrected chi connectivity index (χ0v) is 20.3. The van der Waals surface area contributed by atoms with Crippen molar-refractivity contribution in [2.75, 3.05) is 7.11 Å². The van der Waals surface area contributed by atoms with Crippen molar-refractivity contribution in [2.45, 2.75) is 38.5 Å². The van der Waals surface area contributed by atoms with E-state index < -0.39 is 35.4 Å². The number of nitrogens with one attached hydrogen (secondary N) is 1. The number of esters is 1. The summed E-state index contributed by atoms with van der Waals surface area (Å²) in [5.74, 6) is -1.29. The number of hydrogen-bond donors (Lipinski definition) is 1. The highest BCUT2D eigenvalue weighted by molar-refractivity contribution is 5.83. The summed E-state index contributed by atoms with van der Waals surface area (Å²) in [5.41, 5.74) is -0.905. The van der Waals surface area contributed by atoms with Crippen molar-refractivity contribution < 1.29 is 35.9 Å². The second-order valence-corrected chi connectivity index (χ2v) is 9.11. The summed E-state index contributed by atoms with van der Waals surface area (Å²) >= 11 is 0. The van der Waals surface area contributed by atoms with Gasteiger partial charge in [-0.3, -0.25) is 4.79 Å². The van der Waals surface area contributed by atoms with Crippen LogP contribution in [-0.4, -0.2) is 19.3 Å². The van der Waals surface area contributed by atoms with Crippen LogP contribution in [0.1, 0.15) is 48.4 Å². The number of rotatable bonds is 7. The standard InChI is InChI=1S/C28H25F6NO2/c1-16(2)8-25(26(36)37-3)22-10-19(18-6-4-17(15-35)5-7-18)9-20(11-22)21-12-23(27(29,30)31)14-24(13-21)28(32,33)34/h4-7,9-16,25,35H,8H2,1-3H3. The summed E-state index contributed by atoms with van der Waals surface area (Å²) in [6, 6.07) is 12.7. The number of carbonyl (C=O) groups is 1. The largest absolute Gasteiger partial charge is 0.469 e. The first-order valence-electron chi connectivity index (χ1n) is 11.4. The van der Waals surface area contributed by atoms with Gasteiger partial charge in [-0.25, -0.2) is 0 Å². The molecule has 0 saturated heterocycles. The molecule has 0 saturated carbocycles. The summed E-state index contributed by atoms with van der Waals surface area (Å²) in [5, 5.41) is 7.37. The van der Waals surface area contributed by atoms with Gasteiger partial charge in [-0.15, -0.1) is 0 Å². The Bertz CT molecular complexity index is 1250. The lowest BCUT2D eigenvalue weighted by atomic mass is 9.86. The maximum atomic E-state index is 13.5. The summed E-state index contributed by atoms with van der Waals surface area (Å²) < 4.78 is 86.1. The minimum absolute atomic E-state index is 0.0495. The van der Waals surface area contributed by atoms with E-state index in [-0.39, 0.29) is 23.1 Å². The molecule has 3 rings (SSSR count). The Morgan fingerprint density at radius 3 is 1.73 bits per heavy atom. The molecular formula is C28H25F6NO2. The van der Waals surface area contributed by atoms with Crippen LogP contribution in [0.25, 0.3) is 22.3 Å². The smallest absolute Gasteiger partial charge is 0.416 e. The third-order valence-corrected chi connectivity index (χ3v) is 5.88. The van der Waals surface area contributed by atoms with Gasteiger partial charge in [-0.1, -0.05) is 50.2 Å². The molecule has 0 aliphatic carbocycles. The average Bonchev–Trinajstić information content (AvgIpc) is 2.85. The molecule has 0 aromatic heterocycles. The van der Waals surface area contributed by atoms with E-state index in [1.165, 1.54) is 19.2 Å². The maximum Gasteiger partial charge on any atom is 0.416 e. The second kappa shape index (κ2) is 10.8. The summed E-state index contributed by atoms with van der Waals surface area (Å²) in [4.78, 5) is 12.7. The normalized spacial score (nSPS) is 12.9. The number of alkyl halides is 6. The number of carbonyl (C=O) groups excluding carboxylic acids is 1. The van der Waals surface area contributed by atoms with Gasteiger partial charge in [-0.05, 0) is 70.0 Å². The average molecular weight is 522 g/mol. The van der Waals surface area contributed by atoms with Crippen LogP contribution in [0.4, 0.5) is 26.3 Å². The van der Waals surface area contributed by atoms with Crippen molar-refractivity contribution in [3.05, 3.63) is 82.9 Å². The Morgan fingerprint density at radius 2 is 1.30 bits per heavy atom. The monoisotopic (exact) mass is 521 g/mol. The van der Waals surface area contributed by atoms with E-state index in [9.17, 15) is 31.1 Å². The van der Waals surface area contributed by atoms with E-state index in [0.717, 1.165) is 6.21 Å². The molecule has 0 spiro atoms. The molecule has 0 radical (unpaired) electrons. The molecule has 3 aromatic rings. The molecule has 37 heavy (non-hydrogen) atoms. The zero-order valence-electron chi connectivity index (χ0n) is 20.3. The zero-order chi connectivity index (χ0) is 27.5. The fourth-order valence-electron chi connectivity index (χ4n) is 4.06. The Labute approximate surface area is 210 Å². The Kier molecular flexibility index (Phi) is 8.15. The fraction of sp³-hybridized carbons (Fsp3) is 0.286. The minimum Gasteiger partial charge on any atom is -0.469 e. The fourth-order valence-corrected chi connectivity index (χ4v) is 4.06. The quantitative estimate of drug-likeness (QED) is 0.193. The van der Waals surface area contributed by atoms with Gasteiger partial charge in [0.15, 0.2) is 0 Å². The molecule has 0 amide bonds. The van der Waals surface area contributed by atoms with Crippen LogP contribution in [-0.2, 0) is 21.9 Å². The van der Waals surface area contributed by atoms with Crippen LogP contribution < -0.4 is 0 Å². The molecule has 0 heterocycles. The molecule has 0 aliphatic heterocycles. The van der Waals surface area contributed by atoms with Gasteiger partial charge in [0.1, 0.15) is 0 Å². The Hall–Kier alpha value is -3.62. The lowest BCUT2D eigenvalue weighted by Gasteiger charge is -2.20. The molecule has 1 atom stereocenters. The van der Waals surface area contributed by atoms with Crippen LogP contribution in [0.2, 0.25) is 0 Å². The van der Waals surface area contributed by atoms with Crippen LogP contribution in [0, 0.1) is 11.3 Å². The number of halogens is 6. The first-order valence-corrected chi connectivity index (χ1v) is 11.4. The number of ether oxygens (including phenoxy) is 1. The van der Waals surface area contributed by atoms with Gasteiger partial charge in [0.25, 0.3) is 0 Å². The van der Waals surface area contributed by atoms with Gasteiger partial charge in [-0.2, -0.15) is 26.3 Å². The van der Waals surface area contributed by atoms with E-state index in [1.807, 2.05) is 13.8 Å². The molecule has 0 bridgehead atoms. The Morgan fingerprint density at radius 1 is 0.811 bits per heavy atom. The molecule has 9 heteroatoms. The van der Waals surface area contributed by atoms with Crippen molar-refractivity contribution in [3.63, 3.8) is 0 Å². The molecule has 3 nitrogen and oxygen atoms in total. The Balaban J connectivity index is 2.32. The third kappa shape index (κ3) is 6.78. The van der Waals surface area contributed by atoms with Gasteiger partial charge >= 0.3 is 18.3 Å². The van der Waals surface area contributed by atoms with Crippen molar-refractivity contribution >= 4 is 12.2 Å². The predicted molar refractivity (Wildman–Crippen MR) is 129 cm³/mol.